The van der Waals surface area contributed by atoms with Crippen LogP contribution in [0.4, 0.5) is 5.69 Å². The normalized spacial score (nSPS) is 18.6. The molecular weight excluding hydrogens is 494 g/mol. The van der Waals surface area contributed by atoms with E-state index in [1.54, 1.807) is 6.20 Å². The average molecular weight is 528 g/mol. The summed E-state index contributed by atoms with van der Waals surface area (Å²) in [5.74, 6) is 0. The Morgan fingerprint density at radius 3 is 2.38 bits per heavy atom. The van der Waals surface area contributed by atoms with E-state index in [1.807, 2.05) is 30.3 Å². The minimum atomic E-state index is -0.120. The largest absolute Gasteiger partial charge is 0.366 e. The molecule has 40 heavy (non-hydrogen) atoms. The molecule has 2 aliphatic heterocycles. The molecule has 2 aliphatic rings. The highest BCUT2D eigenvalue weighted by Gasteiger charge is 2.42. The summed E-state index contributed by atoms with van der Waals surface area (Å²) >= 11 is 0. The Morgan fingerprint density at radius 2 is 1.62 bits per heavy atom. The summed E-state index contributed by atoms with van der Waals surface area (Å²) in [6.45, 7) is 5.20. The van der Waals surface area contributed by atoms with Crippen molar-refractivity contribution in [2.75, 3.05) is 31.1 Å². The van der Waals surface area contributed by atoms with E-state index in [2.05, 4.69) is 86.8 Å². The topological polar surface area (TPSA) is 64.3 Å². The van der Waals surface area contributed by atoms with Crippen LogP contribution in [0.15, 0.2) is 108 Å². The third kappa shape index (κ3) is 4.81. The number of piperazine rings is 1. The maximum atomic E-state index is 12.5. The molecule has 2 saturated heterocycles. The fourth-order valence-corrected chi connectivity index (χ4v) is 6.36. The maximum absolute atomic E-state index is 12.5. The van der Waals surface area contributed by atoms with Crippen molar-refractivity contribution in [2.45, 2.75) is 25.0 Å². The molecule has 6 heteroatoms. The van der Waals surface area contributed by atoms with Crippen molar-refractivity contribution in [3.63, 3.8) is 0 Å². The second kappa shape index (κ2) is 10.7. The zero-order chi connectivity index (χ0) is 26.9. The van der Waals surface area contributed by atoms with Crippen LogP contribution in [-0.4, -0.2) is 53.1 Å². The number of nitrogens with one attached hydrogen (secondary N) is 2. The molecule has 3 aromatic carbocycles. The number of benzene rings is 3. The molecule has 2 aromatic heterocycles. The number of likely N-dealkylation sites (tertiary alicyclic amines) is 1. The van der Waals surface area contributed by atoms with Crippen LogP contribution in [0.1, 0.15) is 12.0 Å². The third-order valence-electron chi connectivity index (χ3n) is 8.41. The molecule has 6 nitrogen and oxygen atoms in total. The predicted octanol–water partition coefficient (Wildman–Crippen LogP) is 5.31. The van der Waals surface area contributed by atoms with Crippen LogP contribution in [0.3, 0.4) is 0 Å². The number of anilines is 1. The van der Waals surface area contributed by atoms with Gasteiger partial charge in [0.05, 0.1) is 16.6 Å². The van der Waals surface area contributed by atoms with Crippen LogP contribution in [-0.2, 0) is 6.54 Å². The van der Waals surface area contributed by atoms with Gasteiger partial charge in [-0.25, -0.2) is 4.98 Å². The summed E-state index contributed by atoms with van der Waals surface area (Å²) in [5, 5.41) is 4.25. The second-order valence-electron chi connectivity index (χ2n) is 10.9. The van der Waals surface area contributed by atoms with E-state index in [0.29, 0.717) is 23.0 Å². The summed E-state index contributed by atoms with van der Waals surface area (Å²) in [6.07, 6.45) is 2.93. The lowest BCUT2D eigenvalue weighted by atomic mass is 9.97. The molecular formula is C34H33N5O. The maximum Gasteiger partial charge on any atom is 0.257 e. The van der Waals surface area contributed by atoms with Crippen molar-refractivity contribution in [3.8, 4) is 22.4 Å². The van der Waals surface area contributed by atoms with E-state index < -0.39 is 0 Å². The number of para-hydroxylation sites is 1. The molecule has 2 unspecified atom stereocenters. The number of aromatic nitrogens is 2. The lowest BCUT2D eigenvalue weighted by Gasteiger charge is -2.35. The van der Waals surface area contributed by atoms with Gasteiger partial charge in [-0.1, -0.05) is 72.8 Å². The molecule has 5 aromatic rings. The minimum Gasteiger partial charge on any atom is -0.366 e. The molecule has 0 aliphatic carbocycles. The van der Waals surface area contributed by atoms with Gasteiger partial charge in [-0.2, -0.15) is 0 Å². The van der Waals surface area contributed by atoms with Gasteiger partial charge < -0.3 is 15.2 Å². The number of rotatable bonds is 8. The number of aromatic amines is 1. The molecule has 2 N–H and O–H groups in total. The Hall–Kier alpha value is -4.26. The minimum absolute atomic E-state index is 0.120. The van der Waals surface area contributed by atoms with Gasteiger partial charge in [-0.3, -0.25) is 9.69 Å². The van der Waals surface area contributed by atoms with Crippen LogP contribution in [0, 0.1) is 0 Å². The lowest BCUT2D eigenvalue weighted by Crippen LogP contribution is -2.48. The number of fused-ring (bicyclic) bond motifs is 3. The van der Waals surface area contributed by atoms with E-state index in [0.717, 1.165) is 55.1 Å². The molecule has 4 heterocycles. The summed E-state index contributed by atoms with van der Waals surface area (Å²) in [5.41, 5.74) is 7.13. The first-order valence-electron chi connectivity index (χ1n) is 14.2. The van der Waals surface area contributed by atoms with Crippen molar-refractivity contribution >= 4 is 16.6 Å². The van der Waals surface area contributed by atoms with Crippen molar-refractivity contribution in [1.29, 1.82) is 0 Å². The molecule has 2 bridgehead atoms. The van der Waals surface area contributed by atoms with Crippen molar-refractivity contribution in [1.82, 2.24) is 20.2 Å². The summed E-state index contributed by atoms with van der Waals surface area (Å²) in [6, 6.07) is 34.8. The van der Waals surface area contributed by atoms with E-state index in [4.69, 9.17) is 4.98 Å². The SMILES string of the molecule is O=c1[nH]ccc2nc(-c3ccc(CNCCN4CC5CC4CN5c4ccccc4)cc3)c(-c3ccccc3)cc12. The molecule has 0 spiro atoms. The van der Waals surface area contributed by atoms with Crippen LogP contribution in [0.25, 0.3) is 33.3 Å². The van der Waals surface area contributed by atoms with E-state index in [-0.39, 0.29) is 5.56 Å². The molecule has 7 rings (SSSR count). The highest BCUT2D eigenvalue weighted by molar-refractivity contribution is 5.91. The van der Waals surface area contributed by atoms with Crippen LogP contribution in [0.5, 0.6) is 0 Å². The Bertz CT molecular complexity index is 1670. The number of pyridine rings is 2. The molecule has 0 saturated carbocycles. The Labute approximate surface area is 234 Å². The van der Waals surface area contributed by atoms with Gasteiger partial charge >= 0.3 is 0 Å². The Kier molecular flexibility index (Phi) is 6.63. The highest BCUT2D eigenvalue weighted by atomic mass is 16.1. The zero-order valence-corrected chi connectivity index (χ0v) is 22.5. The van der Waals surface area contributed by atoms with Gasteiger partial charge in [-0.15, -0.1) is 0 Å². The molecule has 0 radical (unpaired) electrons. The number of H-pyrrole nitrogens is 1. The highest BCUT2D eigenvalue weighted by Crippen LogP contribution is 2.34. The van der Waals surface area contributed by atoms with Crippen LogP contribution in [0.2, 0.25) is 0 Å². The first kappa shape index (κ1) is 24.8. The Morgan fingerprint density at radius 1 is 0.850 bits per heavy atom. The van der Waals surface area contributed by atoms with E-state index in [9.17, 15) is 4.79 Å². The van der Waals surface area contributed by atoms with E-state index in [1.165, 1.54) is 17.7 Å². The smallest absolute Gasteiger partial charge is 0.257 e. The van der Waals surface area contributed by atoms with Gasteiger partial charge in [0.2, 0.25) is 0 Å². The van der Waals surface area contributed by atoms with Gasteiger partial charge in [0.15, 0.2) is 0 Å². The van der Waals surface area contributed by atoms with Crippen molar-refractivity contribution < 1.29 is 0 Å². The number of hydrogen-bond acceptors (Lipinski definition) is 5. The quantitative estimate of drug-likeness (QED) is 0.268. The van der Waals surface area contributed by atoms with Crippen LogP contribution < -0.4 is 15.8 Å². The van der Waals surface area contributed by atoms with Gasteiger partial charge in [0.1, 0.15) is 0 Å². The monoisotopic (exact) mass is 527 g/mol. The molecule has 0 amide bonds. The number of hydrogen-bond donors (Lipinski definition) is 2. The molecule has 200 valence electrons. The van der Waals surface area contributed by atoms with Gasteiger partial charge in [-0.05, 0) is 41.8 Å². The van der Waals surface area contributed by atoms with Crippen molar-refractivity contribution in [3.05, 3.63) is 119 Å². The first-order chi connectivity index (χ1) is 19.7. The predicted molar refractivity (Wildman–Crippen MR) is 162 cm³/mol. The first-order valence-corrected chi connectivity index (χ1v) is 14.2. The van der Waals surface area contributed by atoms with Crippen LogP contribution >= 0.6 is 0 Å². The van der Waals surface area contributed by atoms with Gasteiger partial charge in [0, 0.05) is 67.8 Å². The second-order valence-corrected chi connectivity index (χ2v) is 10.9. The van der Waals surface area contributed by atoms with Gasteiger partial charge in [0.25, 0.3) is 5.56 Å². The molecule has 2 fully saturated rings. The summed E-state index contributed by atoms with van der Waals surface area (Å²) in [7, 11) is 0. The Balaban J connectivity index is 0.998. The number of nitrogens with zero attached hydrogens (tertiary/aromatic N) is 3. The summed E-state index contributed by atoms with van der Waals surface area (Å²) < 4.78 is 0. The summed E-state index contributed by atoms with van der Waals surface area (Å²) in [4.78, 5) is 25.4. The zero-order valence-electron chi connectivity index (χ0n) is 22.5. The standard InChI is InChI=1S/C34H33N5O/c40-34-31-20-30(25-7-3-1-4-8-25)33(37-32(31)15-16-36-34)26-13-11-24(12-14-26)21-35-17-18-38-22-29-19-28(38)23-39(29)27-9-5-2-6-10-27/h1-16,20,28-29,35H,17-19,21-23H2,(H,36,40). The fraction of sp³-hybridized carbons (Fsp3) is 0.235. The van der Waals surface area contributed by atoms with E-state index >= 15 is 0 Å². The fourth-order valence-electron chi connectivity index (χ4n) is 6.36. The lowest BCUT2D eigenvalue weighted by molar-refractivity contribution is 0.239. The molecule has 2 atom stereocenters. The van der Waals surface area contributed by atoms with Crippen molar-refractivity contribution in [2.24, 2.45) is 0 Å². The average Bonchev–Trinajstić information content (AvgIpc) is 3.61. The third-order valence-corrected chi connectivity index (χ3v) is 8.41.